The standard InChI is InChI=1S/C13H15ClNO3P/c1-3-17-19(16,18-4-2)13(10-15)9-11-5-7-12(14)8-6-11/h5-9H,3-4H2,1-2H3/b13-9-. The quantitative estimate of drug-likeness (QED) is 0.574. The molecule has 0 aliphatic carbocycles. The number of hydrogen-bond acceptors (Lipinski definition) is 4. The minimum absolute atomic E-state index is 0.0153. The van der Waals surface area contributed by atoms with Crippen LogP contribution in [0.4, 0.5) is 0 Å². The van der Waals surface area contributed by atoms with Crippen LogP contribution in [-0.2, 0) is 13.6 Å². The average molecular weight is 300 g/mol. The molecule has 0 radical (unpaired) electrons. The van der Waals surface area contributed by atoms with Gasteiger partial charge < -0.3 is 9.05 Å². The molecule has 4 nitrogen and oxygen atoms in total. The SMILES string of the molecule is CCOP(=O)(OCC)/C(C#N)=C\c1ccc(Cl)cc1. The summed E-state index contributed by atoms with van der Waals surface area (Å²) in [6, 6.07) is 8.72. The van der Waals surface area contributed by atoms with E-state index in [1.807, 2.05) is 6.07 Å². The van der Waals surface area contributed by atoms with Gasteiger partial charge >= 0.3 is 7.60 Å². The van der Waals surface area contributed by atoms with Gasteiger partial charge in [0.1, 0.15) is 11.4 Å². The lowest BCUT2D eigenvalue weighted by Crippen LogP contribution is -1.97. The molecule has 102 valence electrons. The van der Waals surface area contributed by atoms with Crippen molar-refractivity contribution in [2.24, 2.45) is 0 Å². The highest BCUT2D eigenvalue weighted by Gasteiger charge is 2.29. The Kier molecular flexibility index (Phi) is 6.27. The number of benzene rings is 1. The predicted octanol–water partition coefficient (Wildman–Crippen LogP) is 4.47. The monoisotopic (exact) mass is 299 g/mol. The summed E-state index contributed by atoms with van der Waals surface area (Å²) in [6.45, 7) is 3.81. The van der Waals surface area contributed by atoms with Gasteiger partial charge in [0, 0.05) is 5.02 Å². The summed E-state index contributed by atoms with van der Waals surface area (Å²) >= 11 is 5.78. The molecule has 1 aromatic carbocycles. The maximum atomic E-state index is 12.5. The number of nitrogens with zero attached hydrogens (tertiary/aromatic N) is 1. The number of hydrogen-bond donors (Lipinski definition) is 0. The summed E-state index contributed by atoms with van der Waals surface area (Å²) in [6.07, 6.45) is 1.49. The van der Waals surface area contributed by atoms with Crippen LogP contribution in [0.5, 0.6) is 0 Å². The third-order valence-corrected chi connectivity index (χ3v) is 4.45. The normalized spacial score (nSPS) is 12.2. The first kappa shape index (κ1) is 15.9. The summed E-state index contributed by atoms with van der Waals surface area (Å²) in [7, 11) is -3.54. The Bertz CT molecular complexity index is 524. The fraction of sp³-hybridized carbons (Fsp3) is 0.308. The molecular weight excluding hydrogens is 285 g/mol. The van der Waals surface area contributed by atoms with Gasteiger partial charge in [-0.05, 0) is 37.6 Å². The highest BCUT2D eigenvalue weighted by molar-refractivity contribution is 7.59. The molecule has 0 heterocycles. The average Bonchev–Trinajstić information content (AvgIpc) is 2.38. The second-order valence-corrected chi connectivity index (χ2v) is 5.96. The lowest BCUT2D eigenvalue weighted by molar-refractivity contribution is 0.227. The summed E-state index contributed by atoms with van der Waals surface area (Å²) in [5.41, 5.74) is 0.709. The van der Waals surface area contributed by atoms with Crippen molar-refractivity contribution in [3.05, 3.63) is 40.2 Å². The van der Waals surface area contributed by atoms with E-state index in [0.29, 0.717) is 10.6 Å². The molecule has 0 aromatic heterocycles. The van der Waals surface area contributed by atoms with Gasteiger partial charge in [0.15, 0.2) is 0 Å². The third-order valence-electron chi connectivity index (χ3n) is 2.18. The molecule has 19 heavy (non-hydrogen) atoms. The molecule has 0 unspecified atom stereocenters. The van der Waals surface area contributed by atoms with Crippen LogP contribution in [0, 0.1) is 11.3 Å². The van der Waals surface area contributed by atoms with Gasteiger partial charge in [0.2, 0.25) is 0 Å². The van der Waals surface area contributed by atoms with Crippen molar-refractivity contribution < 1.29 is 13.6 Å². The van der Waals surface area contributed by atoms with Crippen LogP contribution in [0.2, 0.25) is 5.02 Å². The van der Waals surface area contributed by atoms with Crippen molar-refractivity contribution in [3.8, 4) is 6.07 Å². The number of nitriles is 1. The van der Waals surface area contributed by atoms with E-state index < -0.39 is 7.60 Å². The highest BCUT2D eigenvalue weighted by Crippen LogP contribution is 2.56. The molecule has 0 amide bonds. The Morgan fingerprint density at radius 1 is 1.32 bits per heavy atom. The van der Waals surface area contributed by atoms with E-state index in [9.17, 15) is 4.57 Å². The van der Waals surface area contributed by atoms with Gasteiger partial charge in [-0.15, -0.1) is 0 Å². The maximum Gasteiger partial charge on any atom is 0.371 e. The van der Waals surface area contributed by atoms with E-state index in [-0.39, 0.29) is 18.5 Å². The van der Waals surface area contributed by atoms with E-state index in [1.54, 1.807) is 38.1 Å². The summed E-state index contributed by atoms with van der Waals surface area (Å²) in [5.74, 6) is 0. The van der Waals surface area contributed by atoms with Gasteiger partial charge in [-0.25, -0.2) is 0 Å². The molecule has 0 N–H and O–H groups in total. The van der Waals surface area contributed by atoms with Crippen LogP contribution in [0.1, 0.15) is 19.4 Å². The lowest BCUT2D eigenvalue weighted by Gasteiger charge is -2.15. The van der Waals surface area contributed by atoms with Crippen LogP contribution in [0.25, 0.3) is 6.08 Å². The van der Waals surface area contributed by atoms with Crippen molar-refractivity contribution in [1.29, 1.82) is 5.26 Å². The van der Waals surface area contributed by atoms with E-state index in [0.717, 1.165) is 0 Å². The van der Waals surface area contributed by atoms with Gasteiger partial charge in [-0.1, -0.05) is 23.7 Å². The second-order valence-electron chi connectivity index (χ2n) is 3.53. The van der Waals surface area contributed by atoms with E-state index in [4.69, 9.17) is 25.9 Å². The summed E-state index contributed by atoms with van der Waals surface area (Å²) in [4.78, 5) is 0. The molecule has 0 bridgehead atoms. The fourth-order valence-electron chi connectivity index (χ4n) is 1.41. The molecule has 1 aromatic rings. The molecule has 0 aliphatic rings. The topological polar surface area (TPSA) is 59.3 Å². The van der Waals surface area contributed by atoms with Gasteiger partial charge in [0.25, 0.3) is 0 Å². The Labute approximate surface area is 118 Å². The zero-order valence-electron chi connectivity index (χ0n) is 10.8. The molecule has 0 fully saturated rings. The molecule has 0 saturated carbocycles. The van der Waals surface area contributed by atoms with Gasteiger partial charge in [0.05, 0.1) is 13.2 Å². The minimum Gasteiger partial charge on any atom is -0.305 e. The van der Waals surface area contributed by atoms with E-state index >= 15 is 0 Å². The molecule has 0 aliphatic heterocycles. The van der Waals surface area contributed by atoms with Crippen LogP contribution in [0.3, 0.4) is 0 Å². The first-order valence-electron chi connectivity index (χ1n) is 5.82. The minimum atomic E-state index is -3.54. The highest BCUT2D eigenvalue weighted by atomic mass is 35.5. The van der Waals surface area contributed by atoms with Crippen molar-refractivity contribution in [3.63, 3.8) is 0 Å². The van der Waals surface area contributed by atoms with Crippen molar-refractivity contribution in [1.82, 2.24) is 0 Å². The summed E-state index contributed by atoms with van der Waals surface area (Å²) in [5, 5.41) is 9.73. The van der Waals surface area contributed by atoms with Gasteiger partial charge in [-0.2, -0.15) is 5.26 Å². The number of allylic oxidation sites excluding steroid dienone is 1. The van der Waals surface area contributed by atoms with Crippen LogP contribution in [0.15, 0.2) is 29.6 Å². The Hall–Kier alpha value is -1.11. The molecule has 1 rings (SSSR count). The lowest BCUT2D eigenvalue weighted by atomic mass is 10.2. The zero-order chi connectivity index (χ0) is 14.3. The first-order chi connectivity index (χ1) is 9.05. The maximum absolute atomic E-state index is 12.5. The Morgan fingerprint density at radius 2 is 1.84 bits per heavy atom. The smallest absolute Gasteiger partial charge is 0.305 e. The summed E-state index contributed by atoms with van der Waals surface area (Å²) < 4.78 is 22.7. The largest absolute Gasteiger partial charge is 0.371 e. The van der Waals surface area contributed by atoms with Crippen LogP contribution in [-0.4, -0.2) is 13.2 Å². The fourth-order valence-corrected chi connectivity index (χ4v) is 2.99. The third kappa shape index (κ3) is 4.49. The Balaban J connectivity index is 3.14. The van der Waals surface area contributed by atoms with E-state index in [2.05, 4.69) is 0 Å². The molecule has 0 saturated heterocycles. The number of rotatable bonds is 6. The van der Waals surface area contributed by atoms with E-state index in [1.165, 1.54) is 6.08 Å². The Morgan fingerprint density at radius 3 is 2.26 bits per heavy atom. The van der Waals surface area contributed by atoms with Crippen LogP contribution >= 0.6 is 19.2 Å². The van der Waals surface area contributed by atoms with Gasteiger partial charge in [-0.3, -0.25) is 4.57 Å². The molecule has 6 heteroatoms. The van der Waals surface area contributed by atoms with Crippen molar-refractivity contribution in [2.45, 2.75) is 13.8 Å². The van der Waals surface area contributed by atoms with Crippen LogP contribution < -0.4 is 0 Å². The molecular formula is C13H15ClNO3P. The predicted molar refractivity (Wildman–Crippen MR) is 75.9 cm³/mol. The van der Waals surface area contributed by atoms with Crippen molar-refractivity contribution >= 4 is 25.3 Å². The van der Waals surface area contributed by atoms with Crippen molar-refractivity contribution in [2.75, 3.05) is 13.2 Å². The zero-order valence-corrected chi connectivity index (χ0v) is 12.4. The molecule has 0 atom stereocenters. The first-order valence-corrected chi connectivity index (χ1v) is 7.74. The second kappa shape index (κ2) is 7.47. The number of halogens is 1. The molecule has 0 spiro atoms.